The van der Waals surface area contributed by atoms with Gasteiger partial charge in [-0.15, -0.1) is 0 Å². The highest BCUT2D eigenvalue weighted by Gasteiger charge is 2.38. The van der Waals surface area contributed by atoms with Gasteiger partial charge in [0.2, 0.25) is 5.91 Å². The predicted octanol–water partition coefficient (Wildman–Crippen LogP) is 7.30. The van der Waals surface area contributed by atoms with Crippen LogP contribution < -0.4 is 29.6 Å². The summed E-state index contributed by atoms with van der Waals surface area (Å²) < 4.78 is 28.5. The summed E-state index contributed by atoms with van der Waals surface area (Å²) in [7, 11) is 3.06. The molecule has 67 heavy (non-hydrogen) atoms. The maximum absolute atomic E-state index is 14.0. The number of carbonyl (C=O) groups excluding carboxylic acids is 5. The Morgan fingerprint density at radius 2 is 1.37 bits per heavy atom. The van der Waals surface area contributed by atoms with Crippen molar-refractivity contribution in [1.82, 2.24) is 20.4 Å². The second kappa shape index (κ2) is 20.1. The fourth-order valence-corrected chi connectivity index (χ4v) is 8.54. The van der Waals surface area contributed by atoms with Gasteiger partial charge in [0.15, 0.2) is 28.8 Å². The molecule has 3 aromatic rings. The number of methoxy groups -OCH3 is 2. The molecule has 16 heteroatoms. The van der Waals surface area contributed by atoms with Crippen LogP contribution in [0.15, 0.2) is 89.1 Å². The van der Waals surface area contributed by atoms with E-state index >= 15 is 0 Å². The van der Waals surface area contributed by atoms with Gasteiger partial charge in [-0.25, -0.2) is 4.79 Å². The fourth-order valence-electron chi connectivity index (χ4n) is 8.54. The lowest BCUT2D eigenvalue weighted by Crippen LogP contribution is -2.53. The van der Waals surface area contributed by atoms with E-state index in [4.69, 9.17) is 28.7 Å². The number of aliphatic imine (C=N–C) groups is 2. The third-order valence-electron chi connectivity index (χ3n) is 12.5. The average molecular weight is 913 g/mol. The van der Waals surface area contributed by atoms with Crippen molar-refractivity contribution >= 4 is 59.0 Å². The third-order valence-corrected chi connectivity index (χ3v) is 12.5. The molecule has 0 unspecified atom stereocenters. The molecular formula is C51H56N6O10. The van der Waals surface area contributed by atoms with Gasteiger partial charge in [0.1, 0.15) is 12.6 Å². The molecule has 0 bridgehead atoms. The Bertz CT molecular complexity index is 2580. The van der Waals surface area contributed by atoms with Crippen molar-refractivity contribution in [3.63, 3.8) is 0 Å². The molecule has 0 aromatic heterocycles. The number of nitrogens with one attached hydrogen (secondary N) is 2. The highest BCUT2D eigenvalue weighted by atomic mass is 16.5. The van der Waals surface area contributed by atoms with E-state index in [0.29, 0.717) is 70.9 Å². The SMILES string of the molecule is C=CCOC(=O)N[C@H](C(=O)N[C@@H](C)C(=O)Cc1ccc(C2=CN3C(=O)c4cc(OC)c(OCCCOc5cc6c(cc5OC)C(=O)N5C=C(C7CC7)C[C@H]5C=N6)cc4N=C[C@@H]3C2)cc1)C(C)C. The van der Waals surface area contributed by atoms with Crippen LogP contribution in [0.4, 0.5) is 16.2 Å². The number of fused-ring (bicyclic) bond motifs is 4. The van der Waals surface area contributed by atoms with E-state index in [0.717, 1.165) is 23.1 Å². The van der Waals surface area contributed by atoms with Crippen LogP contribution in [-0.2, 0) is 20.7 Å². The Balaban J connectivity index is 0.844. The zero-order valence-electron chi connectivity index (χ0n) is 38.4. The van der Waals surface area contributed by atoms with Crippen molar-refractivity contribution in [2.75, 3.05) is 34.0 Å². The molecule has 0 spiro atoms. The van der Waals surface area contributed by atoms with Gasteiger partial charge in [-0.1, -0.05) is 50.8 Å². The third kappa shape index (κ3) is 10.3. The van der Waals surface area contributed by atoms with E-state index < -0.39 is 24.1 Å². The van der Waals surface area contributed by atoms with Gasteiger partial charge in [0.25, 0.3) is 11.8 Å². The van der Waals surface area contributed by atoms with E-state index in [9.17, 15) is 24.0 Å². The molecular weight excluding hydrogens is 857 g/mol. The number of rotatable bonds is 19. The van der Waals surface area contributed by atoms with Gasteiger partial charge in [0, 0.05) is 56.2 Å². The van der Waals surface area contributed by atoms with Crippen molar-refractivity contribution in [3.8, 4) is 23.0 Å². The summed E-state index contributed by atoms with van der Waals surface area (Å²) in [4.78, 5) is 78.6. The lowest BCUT2D eigenvalue weighted by molar-refractivity contribution is -0.129. The van der Waals surface area contributed by atoms with E-state index in [1.807, 2.05) is 42.9 Å². The normalized spacial score (nSPS) is 18.8. The molecule has 1 aliphatic carbocycles. The molecule has 4 aliphatic heterocycles. The monoisotopic (exact) mass is 912 g/mol. The van der Waals surface area contributed by atoms with E-state index in [2.05, 4.69) is 22.2 Å². The Morgan fingerprint density at radius 3 is 1.93 bits per heavy atom. The van der Waals surface area contributed by atoms with Crippen LogP contribution in [0.5, 0.6) is 23.0 Å². The van der Waals surface area contributed by atoms with Gasteiger partial charge in [-0.3, -0.25) is 29.2 Å². The molecule has 1 saturated carbocycles. The number of alkyl carbamates (subject to hydrolysis) is 1. The molecule has 1 fully saturated rings. The zero-order chi connectivity index (χ0) is 47.4. The first-order valence-electron chi connectivity index (χ1n) is 22.7. The maximum Gasteiger partial charge on any atom is 0.408 e. The lowest BCUT2D eigenvalue weighted by atomic mass is 9.98. The minimum atomic E-state index is -0.885. The predicted molar refractivity (Wildman–Crippen MR) is 252 cm³/mol. The molecule has 4 heterocycles. The maximum atomic E-state index is 14.0. The fraction of sp³-hybridized carbons (Fsp3) is 0.392. The highest BCUT2D eigenvalue weighted by molar-refractivity contribution is 6.06. The first kappa shape index (κ1) is 46.3. The molecule has 4 amide bonds. The zero-order valence-corrected chi connectivity index (χ0v) is 38.4. The van der Waals surface area contributed by atoms with Crippen molar-refractivity contribution in [2.45, 2.75) is 83.5 Å². The number of carbonyl (C=O) groups is 5. The molecule has 5 aliphatic rings. The number of hydrogen-bond donors (Lipinski definition) is 2. The number of ether oxygens (including phenoxy) is 5. The van der Waals surface area contributed by atoms with Crippen LogP contribution in [0.1, 0.15) is 84.7 Å². The quantitative estimate of drug-likeness (QED) is 0.0913. The minimum Gasteiger partial charge on any atom is -0.493 e. The van der Waals surface area contributed by atoms with Crippen molar-refractivity contribution in [2.24, 2.45) is 21.8 Å². The van der Waals surface area contributed by atoms with Gasteiger partial charge in [-0.05, 0) is 72.4 Å². The van der Waals surface area contributed by atoms with E-state index in [1.165, 1.54) is 31.6 Å². The number of ketones is 1. The van der Waals surface area contributed by atoms with Crippen molar-refractivity contribution in [1.29, 1.82) is 0 Å². The second-order valence-electron chi connectivity index (χ2n) is 17.6. The Labute approximate surface area is 389 Å². The molecule has 2 N–H and O–H groups in total. The van der Waals surface area contributed by atoms with Gasteiger partial charge in [-0.2, -0.15) is 0 Å². The lowest BCUT2D eigenvalue weighted by Gasteiger charge is -2.23. The number of amides is 4. The van der Waals surface area contributed by atoms with E-state index in [1.54, 1.807) is 68.2 Å². The summed E-state index contributed by atoms with van der Waals surface area (Å²) >= 11 is 0. The number of Topliss-reactive ketones (excluding diaryl/α,β-unsaturated/α-hetero) is 1. The Morgan fingerprint density at radius 1 is 0.791 bits per heavy atom. The molecule has 3 aromatic carbocycles. The highest BCUT2D eigenvalue weighted by Crippen LogP contribution is 2.45. The van der Waals surface area contributed by atoms with E-state index in [-0.39, 0.29) is 55.2 Å². The van der Waals surface area contributed by atoms with Crippen LogP contribution in [0.25, 0.3) is 5.57 Å². The van der Waals surface area contributed by atoms with Crippen LogP contribution in [0, 0.1) is 11.8 Å². The van der Waals surface area contributed by atoms with Crippen molar-refractivity contribution in [3.05, 3.63) is 101 Å². The molecule has 350 valence electrons. The minimum absolute atomic E-state index is 0.00790. The molecule has 16 nitrogen and oxygen atoms in total. The van der Waals surface area contributed by atoms with Gasteiger partial charge >= 0.3 is 6.09 Å². The average Bonchev–Trinajstić information content (AvgIpc) is 4.00. The standard InChI is InChI=1S/C51H56N6O10/c1-7-15-67-51(62)55-47(29(2)3)48(59)54-30(4)42(58)18-31-9-11-32(12-10-31)34-19-36-25-52-40-23-45(43(63-5)21-38(40)49(60)56(36)27-34)65-16-8-17-66-46-24-41-39(22-44(46)64-6)50(61)57-28-35(33-13-14-33)20-37(57)26-53-41/h7,9-12,21-30,33,36-37,47H,1,8,13-20H2,2-6H3,(H,54,59)(H,55,62)/t30-,36-,37-,47-/m0/s1. The van der Waals surface area contributed by atoms with Crippen LogP contribution in [0.2, 0.25) is 0 Å². The molecule has 0 saturated heterocycles. The topological polar surface area (TPSA) is 187 Å². The largest absolute Gasteiger partial charge is 0.493 e. The van der Waals surface area contributed by atoms with Crippen LogP contribution in [-0.4, -0.2) is 110 Å². The molecule has 4 atom stereocenters. The Kier molecular flexibility index (Phi) is 13.9. The Hall–Kier alpha value is -7.23. The van der Waals surface area contributed by atoms with Crippen LogP contribution in [0.3, 0.4) is 0 Å². The van der Waals surface area contributed by atoms with Crippen molar-refractivity contribution < 1.29 is 47.7 Å². The van der Waals surface area contributed by atoms with Gasteiger partial charge < -0.3 is 44.1 Å². The first-order valence-corrected chi connectivity index (χ1v) is 22.7. The second-order valence-corrected chi connectivity index (χ2v) is 17.6. The summed E-state index contributed by atoms with van der Waals surface area (Å²) in [6, 6.07) is 12.3. The molecule has 0 radical (unpaired) electrons. The number of benzene rings is 3. The summed E-state index contributed by atoms with van der Waals surface area (Å²) in [5.41, 5.74) is 5.77. The summed E-state index contributed by atoms with van der Waals surface area (Å²) in [5, 5.41) is 5.27. The molecule has 8 rings (SSSR count). The number of nitrogens with zero attached hydrogens (tertiary/aromatic N) is 4. The summed E-state index contributed by atoms with van der Waals surface area (Å²) in [6.07, 6.45) is 12.5. The smallest absolute Gasteiger partial charge is 0.408 e. The first-order chi connectivity index (χ1) is 32.3. The van der Waals surface area contributed by atoms with Crippen LogP contribution >= 0.6 is 0 Å². The summed E-state index contributed by atoms with van der Waals surface area (Å²) in [5.74, 6) is 1.09. The van der Waals surface area contributed by atoms with Gasteiger partial charge in [0.05, 0.1) is 68.1 Å². The number of hydrogen-bond acceptors (Lipinski definition) is 12. The summed E-state index contributed by atoms with van der Waals surface area (Å²) in [6.45, 7) is 9.27.